The molecule has 0 aliphatic heterocycles. The molecule has 5 N–H and O–H groups in total. The number of nitrogens with one attached hydrogen (secondary N) is 5. The number of hydrogen-bond acceptors (Lipinski definition) is 4. The van der Waals surface area contributed by atoms with Gasteiger partial charge < -0.3 is 26.6 Å². The van der Waals surface area contributed by atoms with E-state index in [0.717, 1.165) is 37.3 Å². The zero-order valence-electron chi connectivity index (χ0n) is 34.9. The normalized spacial score (nSPS) is 18.0. The van der Waals surface area contributed by atoms with E-state index in [0.29, 0.717) is 36.4 Å². The highest BCUT2D eigenvalue weighted by atomic mass is 19.4. The maximum Gasteiger partial charge on any atom is 0.416 e. The van der Waals surface area contributed by atoms with E-state index in [1.165, 1.54) is 31.2 Å². The Labute approximate surface area is 336 Å². The number of halogens is 4. The monoisotopic (exact) mass is 801 g/mol. The topological polar surface area (TPSA) is 128 Å². The van der Waals surface area contributed by atoms with Gasteiger partial charge in [-0.05, 0) is 98.1 Å². The summed E-state index contributed by atoms with van der Waals surface area (Å²) in [6.07, 6.45) is -0.629. The van der Waals surface area contributed by atoms with E-state index >= 15 is 0 Å². The third-order valence-corrected chi connectivity index (χ3v) is 11.5. The molecular weight excluding hydrogens is 739 g/mol. The Morgan fingerprint density at radius 3 is 2.09 bits per heavy atom. The van der Waals surface area contributed by atoms with Gasteiger partial charge in [0.05, 0.1) is 12.0 Å². The number of amides is 5. The lowest BCUT2D eigenvalue weighted by Crippen LogP contribution is -2.66. The van der Waals surface area contributed by atoms with Crippen molar-refractivity contribution in [3.8, 4) is 0 Å². The summed E-state index contributed by atoms with van der Waals surface area (Å²) >= 11 is 0. The van der Waals surface area contributed by atoms with Crippen molar-refractivity contribution in [1.29, 1.82) is 0 Å². The van der Waals surface area contributed by atoms with Crippen LogP contribution >= 0.6 is 0 Å². The van der Waals surface area contributed by atoms with Gasteiger partial charge >= 0.3 is 12.2 Å². The summed E-state index contributed by atoms with van der Waals surface area (Å²) in [5.74, 6) is -2.78. The van der Waals surface area contributed by atoms with Gasteiger partial charge in [-0.15, -0.1) is 0 Å². The molecule has 5 amide bonds. The molecule has 0 fully saturated rings. The van der Waals surface area contributed by atoms with E-state index in [2.05, 4.69) is 40.4 Å². The van der Waals surface area contributed by atoms with Gasteiger partial charge in [-0.25, -0.2) is 9.18 Å². The first kappa shape index (κ1) is 47.0. The van der Waals surface area contributed by atoms with Gasteiger partial charge in [0.15, 0.2) is 0 Å². The lowest BCUT2D eigenvalue weighted by Gasteiger charge is -2.41. The molecule has 2 aromatic rings. The maximum absolute atomic E-state index is 14.8. The molecule has 0 aromatic heterocycles. The Bertz CT molecular complexity index is 1720. The quantitative estimate of drug-likeness (QED) is 0.0719. The van der Waals surface area contributed by atoms with E-state index in [-0.39, 0.29) is 42.7 Å². The van der Waals surface area contributed by atoms with E-state index in [4.69, 9.17) is 0 Å². The lowest BCUT2D eigenvalue weighted by molar-refractivity contribution is -0.138. The van der Waals surface area contributed by atoms with Gasteiger partial charge in [0.25, 0.3) is 0 Å². The summed E-state index contributed by atoms with van der Waals surface area (Å²) in [6.45, 7) is 15.3. The molecule has 316 valence electrons. The van der Waals surface area contributed by atoms with Crippen LogP contribution in [0.5, 0.6) is 0 Å². The summed E-state index contributed by atoms with van der Waals surface area (Å²) in [7, 11) is 0. The van der Waals surface area contributed by atoms with Crippen molar-refractivity contribution in [3.05, 3.63) is 76.1 Å². The minimum atomic E-state index is -4.61. The molecular formula is C44H63F4N5O4. The van der Waals surface area contributed by atoms with Crippen molar-refractivity contribution in [2.75, 3.05) is 6.54 Å². The van der Waals surface area contributed by atoms with Crippen molar-refractivity contribution in [2.24, 2.45) is 17.8 Å². The molecule has 0 spiro atoms. The number of allylic oxidation sites excluding steroid dienone is 1. The van der Waals surface area contributed by atoms with Crippen LogP contribution in [-0.4, -0.2) is 48.0 Å². The Kier molecular flexibility index (Phi) is 17.6. The first-order valence-corrected chi connectivity index (χ1v) is 20.5. The molecule has 0 radical (unpaired) electrons. The highest BCUT2D eigenvalue weighted by Gasteiger charge is 2.46. The van der Waals surface area contributed by atoms with E-state index in [9.17, 15) is 36.7 Å². The Hall–Kier alpha value is -4.42. The van der Waals surface area contributed by atoms with Gasteiger partial charge in [-0.3, -0.25) is 14.4 Å². The van der Waals surface area contributed by atoms with Gasteiger partial charge in [-0.2, -0.15) is 13.2 Å². The van der Waals surface area contributed by atoms with Gasteiger partial charge in [0, 0.05) is 13.0 Å². The van der Waals surface area contributed by atoms with Crippen LogP contribution in [0.25, 0.3) is 5.57 Å². The van der Waals surface area contributed by atoms with Gasteiger partial charge in [0.2, 0.25) is 17.7 Å². The highest BCUT2D eigenvalue weighted by molar-refractivity contribution is 5.97. The van der Waals surface area contributed by atoms with E-state index in [1.54, 1.807) is 19.1 Å². The second kappa shape index (κ2) is 21.4. The van der Waals surface area contributed by atoms with Crippen LogP contribution in [0.2, 0.25) is 0 Å². The number of carbonyl (C=O) groups excluding carboxylic acids is 4. The summed E-state index contributed by atoms with van der Waals surface area (Å²) in [6, 6.07) is 8.19. The smallest absolute Gasteiger partial charge is 0.344 e. The number of rotatable bonds is 19. The second-order valence-electron chi connectivity index (χ2n) is 15.8. The van der Waals surface area contributed by atoms with Crippen LogP contribution in [0.4, 0.5) is 22.4 Å². The van der Waals surface area contributed by atoms with Crippen molar-refractivity contribution in [3.63, 3.8) is 0 Å². The number of benzene rings is 2. The highest BCUT2D eigenvalue weighted by Crippen LogP contribution is 2.42. The Balaban J connectivity index is 2.04. The molecule has 1 aliphatic rings. The fourth-order valence-corrected chi connectivity index (χ4v) is 7.53. The zero-order chi connectivity index (χ0) is 42.5. The fourth-order valence-electron chi connectivity index (χ4n) is 7.53. The van der Waals surface area contributed by atoms with Crippen LogP contribution in [-0.2, 0) is 27.0 Å². The molecule has 0 bridgehead atoms. The maximum atomic E-state index is 14.8. The minimum absolute atomic E-state index is 0.0000404. The van der Waals surface area contributed by atoms with Gasteiger partial charge in [-0.1, -0.05) is 96.7 Å². The second-order valence-corrected chi connectivity index (χ2v) is 15.8. The molecule has 1 aliphatic carbocycles. The number of alkyl halides is 3. The molecule has 5 atom stereocenters. The summed E-state index contributed by atoms with van der Waals surface area (Å²) < 4.78 is 56.8. The molecule has 9 nitrogen and oxygen atoms in total. The first-order valence-electron chi connectivity index (χ1n) is 20.5. The van der Waals surface area contributed by atoms with Crippen molar-refractivity contribution in [2.45, 2.75) is 144 Å². The third-order valence-electron chi connectivity index (χ3n) is 11.5. The number of hydrogen-bond donors (Lipinski definition) is 5. The average molecular weight is 802 g/mol. The SMILES string of the molecule is CCCC(CCC)CNC(=O)N[C@@H](NC(=O)[C@@]1(NC(=O)[C@@H](NC(=O)Cc2ccccc2F)C(C)CC)CCC(C)=C(c2cccc(C(F)(F)F)c2C)C1)C(C)CC. The van der Waals surface area contributed by atoms with Crippen LogP contribution in [0.15, 0.2) is 48.0 Å². The Morgan fingerprint density at radius 2 is 1.49 bits per heavy atom. The lowest BCUT2D eigenvalue weighted by atomic mass is 9.74. The molecule has 2 unspecified atom stereocenters. The standard InChI is InChI=1S/C44H63F4N5O4/c1-9-16-31(17-10-2)26-49-42(57)52-39(28(6)12-4)51-41(56)43(23-22-29(7)34(25-43)33-19-15-20-35(30(33)8)44(46,47)48)53-40(55)38(27(5)11-3)50-37(54)24-32-18-13-14-21-36(32)45/h13-15,18-21,27-28,31,38-39H,9-12,16-17,22-26H2,1-8H3,(H,50,54)(H,51,56)(H,53,55)(H2,49,52,57)/t27?,28?,38-,39+,43+/m0/s1. The zero-order valence-corrected chi connectivity index (χ0v) is 34.9. The predicted octanol–water partition coefficient (Wildman–Crippen LogP) is 8.74. The molecule has 0 saturated heterocycles. The fraction of sp³-hybridized carbons (Fsp3) is 0.591. The number of urea groups is 1. The summed E-state index contributed by atoms with van der Waals surface area (Å²) in [5, 5.41) is 14.6. The molecule has 57 heavy (non-hydrogen) atoms. The van der Waals surface area contributed by atoms with Crippen molar-refractivity contribution < 1.29 is 36.7 Å². The first-order chi connectivity index (χ1) is 26.9. The molecule has 13 heteroatoms. The van der Waals surface area contributed by atoms with Crippen LogP contribution in [0, 0.1) is 30.5 Å². The number of carbonyl (C=O) groups is 4. The van der Waals surface area contributed by atoms with Crippen LogP contribution in [0.1, 0.15) is 129 Å². The largest absolute Gasteiger partial charge is 0.416 e. The summed E-state index contributed by atoms with van der Waals surface area (Å²) in [5.41, 5.74) is -0.751. The summed E-state index contributed by atoms with van der Waals surface area (Å²) in [4.78, 5) is 55.8. The van der Waals surface area contributed by atoms with Crippen molar-refractivity contribution in [1.82, 2.24) is 26.6 Å². The molecule has 2 aromatic carbocycles. The third kappa shape index (κ3) is 12.8. The predicted molar refractivity (Wildman–Crippen MR) is 216 cm³/mol. The van der Waals surface area contributed by atoms with E-state index in [1.807, 2.05) is 27.7 Å². The molecule has 3 rings (SSSR count). The minimum Gasteiger partial charge on any atom is -0.344 e. The van der Waals surface area contributed by atoms with E-state index < -0.39 is 65.0 Å². The van der Waals surface area contributed by atoms with Crippen LogP contribution < -0.4 is 26.6 Å². The molecule has 0 heterocycles. The molecule has 0 saturated carbocycles. The van der Waals surface area contributed by atoms with Crippen molar-refractivity contribution >= 4 is 29.3 Å². The average Bonchev–Trinajstić information content (AvgIpc) is 3.16. The van der Waals surface area contributed by atoms with Gasteiger partial charge in [0.1, 0.15) is 23.6 Å². The Morgan fingerprint density at radius 1 is 0.842 bits per heavy atom. The van der Waals surface area contributed by atoms with Crippen LogP contribution in [0.3, 0.4) is 0 Å².